The van der Waals surface area contributed by atoms with Gasteiger partial charge >= 0.3 is 12.1 Å². The molecule has 1 amide bonds. The molecule has 148 valence electrons. The summed E-state index contributed by atoms with van der Waals surface area (Å²) in [5.74, 6) is -0.955. The number of carbonyl (C=O) groups is 2. The van der Waals surface area contributed by atoms with E-state index in [1.54, 1.807) is 50.2 Å². The van der Waals surface area contributed by atoms with Gasteiger partial charge in [-0.2, -0.15) is 0 Å². The second-order valence-electron chi connectivity index (χ2n) is 6.70. The lowest BCUT2D eigenvalue weighted by atomic mass is 9.82. The minimum Gasteiger partial charge on any atom is -0.504 e. The van der Waals surface area contributed by atoms with Gasteiger partial charge in [0.05, 0.1) is 7.11 Å². The highest BCUT2D eigenvalue weighted by atomic mass is 16.6. The van der Waals surface area contributed by atoms with Crippen molar-refractivity contribution in [3.05, 3.63) is 66.2 Å². The van der Waals surface area contributed by atoms with Gasteiger partial charge in [0.1, 0.15) is 6.10 Å². The first-order chi connectivity index (χ1) is 13.2. The second kappa shape index (κ2) is 8.94. The number of aromatic hydroxyl groups is 1. The smallest absolute Gasteiger partial charge is 0.412 e. The zero-order valence-corrected chi connectivity index (χ0v) is 15.9. The standard InChI is InChI=1S/C21H23NO6/c1-21(2,12-11-18(24)25)19(14-9-10-17(27-3)16(23)13-14)28-20(26)22-15-7-5-4-6-8-15/h4-13,19,23H,1-3H3,(H,22,26)(H,24,25)/b12-11+/t19-/m1/s1. The average Bonchev–Trinajstić information content (AvgIpc) is 2.65. The van der Waals surface area contributed by atoms with E-state index in [0.29, 0.717) is 11.3 Å². The first-order valence-corrected chi connectivity index (χ1v) is 8.54. The van der Waals surface area contributed by atoms with Crippen molar-refractivity contribution in [3.8, 4) is 11.5 Å². The molecule has 0 radical (unpaired) electrons. The van der Waals surface area contributed by atoms with E-state index in [4.69, 9.17) is 14.6 Å². The summed E-state index contributed by atoms with van der Waals surface area (Å²) in [7, 11) is 1.43. The van der Waals surface area contributed by atoms with Crippen LogP contribution in [0.4, 0.5) is 10.5 Å². The molecule has 7 nitrogen and oxygen atoms in total. The third-order valence-electron chi connectivity index (χ3n) is 4.08. The Morgan fingerprint density at radius 2 is 1.82 bits per heavy atom. The largest absolute Gasteiger partial charge is 0.504 e. The van der Waals surface area contributed by atoms with E-state index in [2.05, 4.69) is 5.32 Å². The maximum atomic E-state index is 12.4. The van der Waals surface area contributed by atoms with Gasteiger partial charge < -0.3 is 19.7 Å². The molecule has 2 rings (SSSR count). The molecule has 0 heterocycles. The monoisotopic (exact) mass is 385 g/mol. The number of carboxylic acid groups (broad SMARTS) is 1. The number of phenols is 1. The van der Waals surface area contributed by atoms with Crippen molar-refractivity contribution >= 4 is 17.7 Å². The van der Waals surface area contributed by atoms with Crippen LogP contribution < -0.4 is 10.1 Å². The molecular weight excluding hydrogens is 362 g/mol. The number of para-hydroxylation sites is 1. The van der Waals surface area contributed by atoms with Gasteiger partial charge in [-0.25, -0.2) is 9.59 Å². The Morgan fingerprint density at radius 3 is 2.39 bits per heavy atom. The number of carbonyl (C=O) groups excluding carboxylic acids is 1. The number of ether oxygens (including phenoxy) is 2. The molecule has 0 bridgehead atoms. The summed E-state index contributed by atoms with van der Waals surface area (Å²) < 4.78 is 10.7. The SMILES string of the molecule is COc1ccc([C@@H](OC(=O)Nc2ccccc2)C(C)(C)/C=C/C(=O)O)cc1O. The maximum Gasteiger partial charge on any atom is 0.412 e. The highest BCUT2D eigenvalue weighted by molar-refractivity contribution is 5.84. The molecule has 0 saturated carbocycles. The maximum absolute atomic E-state index is 12.4. The third kappa shape index (κ3) is 5.51. The quantitative estimate of drug-likeness (QED) is 0.612. The molecule has 0 aliphatic rings. The van der Waals surface area contributed by atoms with E-state index >= 15 is 0 Å². The van der Waals surface area contributed by atoms with Gasteiger partial charge in [0.2, 0.25) is 0 Å². The first-order valence-electron chi connectivity index (χ1n) is 8.54. The molecule has 1 atom stereocenters. The number of methoxy groups -OCH3 is 1. The highest BCUT2D eigenvalue weighted by Crippen LogP contribution is 2.41. The number of hydrogen-bond acceptors (Lipinski definition) is 5. The number of nitrogens with one attached hydrogen (secondary N) is 1. The number of aliphatic carboxylic acids is 1. The fourth-order valence-corrected chi connectivity index (χ4v) is 2.67. The molecule has 28 heavy (non-hydrogen) atoms. The van der Waals surface area contributed by atoms with Crippen LogP contribution in [0.1, 0.15) is 25.5 Å². The number of phenolic OH excluding ortho intramolecular Hbond substituents is 1. The van der Waals surface area contributed by atoms with E-state index in [-0.39, 0.29) is 11.5 Å². The van der Waals surface area contributed by atoms with Crippen molar-refractivity contribution in [2.75, 3.05) is 12.4 Å². The van der Waals surface area contributed by atoms with Gasteiger partial charge in [0.25, 0.3) is 0 Å². The Bertz CT molecular complexity index is 860. The lowest BCUT2D eigenvalue weighted by Gasteiger charge is -2.31. The molecule has 3 N–H and O–H groups in total. The van der Waals surface area contributed by atoms with E-state index in [1.807, 2.05) is 6.07 Å². The average molecular weight is 385 g/mol. The van der Waals surface area contributed by atoms with Crippen molar-refractivity contribution in [3.63, 3.8) is 0 Å². The van der Waals surface area contributed by atoms with Gasteiger partial charge in [0, 0.05) is 17.2 Å². The lowest BCUT2D eigenvalue weighted by molar-refractivity contribution is -0.131. The van der Waals surface area contributed by atoms with Gasteiger partial charge in [-0.1, -0.05) is 44.2 Å². The van der Waals surface area contributed by atoms with Crippen LogP contribution in [0.3, 0.4) is 0 Å². The van der Waals surface area contributed by atoms with Crippen molar-refractivity contribution in [1.29, 1.82) is 0 Å². The molecule has 0 fully saturated rings. The molecule has 2 aromatic carbocycles. The summed E-state index contributed by atoms with van der Waals surface area (Å²) in [4.78, 5) is 23.4. The zero-order chi connectivity index (χ0) is 20.7. The predicted octanol–water partition coefficient (Wildman–Crippen LogP) is 4.36. The molecule has 0 aliphatic heterocycles. The van der Waals surface area contributed by atoms with Crippen molar-refractivity contribution in [2.45, 2.75) is 20.0 Å². The Labute approximate surface area is 163 Å². The van der Waals surface area contributed by atoms with E-state index < -0.39 is 23.6 Å². The summed E-state index contributed by atoms with van der Waals surface area (Å²) in [6.07, 6.45) is 0.860. The predicted molar refractivity (Wildman–Crippen MR) is 105 cm³/mol. The minimum absolute atomic E-state index is 0.116. The van der Waals surface area contributed by atoms with Gasteiger partial charge in [-0.05, 0) is 29.8 Å². The van der Waals surface area contributed by atoms with E-state index in [1.165, 1.54) is 19.3 Å². The van der Waals surface area contributed by atoms with E-state index in [9.17, 15) is 14.7 Å². The molecule has 0 aromatic heterocycles. The second-order valence-corrected chi connectivity index (χ2v) is 6.70. The van der Waals surface area contributed by atoms with Crippen LogP contribution in [0.2, 0.25) is 0 Å². The molecule has 0 aliphatic carbocycles. The normalized spacial score (nSPS) is 12.4. The number of rotatable bonds is 7. The van der Waals surface area contributed by atoms with Crippen LogP contribution in [-0.4, -0.2) is 29.4 Å². The summed E-state index contributed by atoms with van der Waals surface area (Å²) >= 11 is 0. The number of amides is 1. The van der Waals surface area contributed by atoms with Crippen LogP contribution in [0.25, 0.3) is 0 Å². The highest BCUT2D eigenvalue weighted by Gasteiger charge is 2.33. The van der Waals surface area contributed by atoms with Crippen molar-refractivity contribution in [1.82, 2.24) is 0 Å². The lowest BCUT2D eigenvalue weighted by Crippen LogP contribution is -2.27. The van der Waals surface area contributed by atoms with Crippen molar-refractivity contribution < 1.29 is 29.3 Å². The molecule has 7 heteroatoms. The Kier molecular flexibility index (Phi) is 6.65. The van der Waals surface area contributed by atoms with Crippen molar-refractivity contribution in [2.24, 2.45) is 5.41 Å². The number of anilines is 1. The van der Waals surface area contributed by atoms with E-state index in [0.717, 1.165) is 6.08 Å². The zero-order valence-electron chi connectivity index (χ0n) is 15.9. The van der Waals surface area contributed by atoms with Gasteiger partial charge in [0.15, 0.2) is 11.5 Å². The van der Waals surface area contributed by atoms with Gasteiger partial charge in [-0.3, -0.25) is 5.32 Å². The van der Waals surface area contributed by atoms with Crippen LogP contribution in [0.15, 0.2) is 60.7 Å². The minimum atomic E-state index is -1.11. The van der Waals surface area contributed by atoms with Gasteiger partial charge in [-0.15, -0.1) is 0 Å². The Balaban J connectivity index is 2.34. The molecule has 0 spiro atoms. The topological polar surface area (TPSA) is 105 Å². The number of benzene rings is 2. The number of carboxylic acids is 1. The summed E-state index contributed by atoms with van der Waals surface area (Å²) in [6.45, 7) is 3.46. The van der Waals surface area contributed by atoms with Crippen LogP contribution in [-0.2, 0) is 9.53 Å². The molecule has 0 saturated heterocycles. The molecular formula is C21H23NO6. The number of hydrogen-bond donors (Lipinski definition) is 3. The molecule has 2 aromatic rings. The van der Waals surface area contributed by atoms with Crippen LogP contribution >= 0.6 is 0 Å². The first kappa shape index (κ1) is 20.8. The summed E-state index contributed by atoms with van der Waals surface area (Å²) in [6, 6.07) is 13.4. The van der Waals surface area contributed by atoms with Crippen LogP contribution in [0, 0.1) is 5.41 Å². The summed E-state index contributed by atoms with van der Waals surface area (Å²) in [5.41, 5.74) is 0.164. The Morgan fingerprint density at radius 1 is 1.14 bits per heavy atom. The fraction of sp³-hybridized carbons (Fsp3) is 0.238. The fourth-order valence-electron chi connectivity index (χ4n) is 2.67. The van der Waals surface area contributed by atoms with Crippen LogP contribution in [0.5, 0.6) is 11.5 Å². The Hall–Kier alpha value is -3.48. The summed E-state index contributed by atoms with van der Waals surface area (Å²) in [5, 5.41) is 21.7. The molecule has 0 unspecified atom stereocenters. The third-order valence-corrected chi connectivity index (χ3v) is 4.08.